The Morgan fingerprint density at radius 1 is 1.35 bits per heavy atom. The Morgan fingerprint density at radius 3 is 2.74 bits per heavy atom. The fourth-order valence-electron chi connectivity index (χ4n) is 3.28. The summed E-state index contributed by atoms with van der Waals surface area (Å²) in [4.78, 5) is 37.8. The number of rotatable bonds is 5. The zero-order chi connectivity index (χ0) is 16.6. The lowest BCUT2D eigenvalue weighted by Gasteiger charge is -2.28. The van der Waals surface area contributed by atoms with Crippen molar-refractivity contribution in [1.29, 1.82) is 0 Å². The molecule has 6 nitrogen and oxygen atoms in total. The number of carbonyl (C=O) groups excluding carboxylic acids is 2. The van der Waals surface area contributed by atoms with Crippen molar-refractivity contribution in [3.8, 4) is 0 Å². The molecule has 8 heteroatoms. The normalized spacial score (nSPS) is 32.9. The lowest BCUT2D eigenvalue weighted by molar-refractivity contribution is -0.142. The third-order valence-corrected chi connectivity index (χ3v) is 6.60. The van der Waals surface area contributed by atoms with Gasteiger partial charge in [0, 0.05) is 6.54 Å². The van der Waals surface area contributed by atoms with E-state index in [-0.39, 0.29) is 23.6 Å². The van der Waals surface area contributed by atoms with Crippen LogP contribution in [0.4, 0.5) is 0 Å². The van der Waals surface area contributed by atoms with E-state index in [9.17, 15) is 19.5 Å². The van der Waals surface area contributed by atoms with Gasteiger partial charge in [0.15, 0.2) is 5.78 Å². The molecular weight excluding hydrogens is 336 g/mol. The molecule has 2 saturated heterocycles. The maximum Gasteiger partial charge on any atom is 0.320 e. The summed E-state index contributed by atoms with van der Waals surface area (Å²) in [5.41, 5.74) is 0. The van der Waals surface area contributed by atoms with Crippen molar-refractivity contribution in [3.63, 3.8) is 0 Å². The van der Waals surface area contributed by atoms with Crippen molar-refractivity contribution >= 4 is 42.1 Å². The molecule has 3 rings (SSSR count). The molecule has 0 spiro atoms. The number of amides is 1. The fraction of sp³-hybridized carbons (Fsp3) is 0.800. The molecule has 1 saturated carbocycles. The standard InChI is InChI=1S/C15H22N2O4S2/c18-11-7-23-13-4-3-10(15(20)21)17(13)6-9(11)16-14(19)12(22)5-8-1-2-8/h8-10,12-13,22H,1-7H2,(H,16,19)(H,20,21)/t9-,10+,12?,13+/m0/s1. The molecule has 0 aromatic carbocycles. The van der Waals surface area contributed by atoms with Crippen molar-refractivity contribution < 1.29 is 19.5 Å². The second kappa shape index (κ2) is 7.03. The molecule has 4 atom stereocenters. The highest BCUT2D eigenvalue weighted by Crippen LogP contribution is 2.36. The lowest BCUT2D eigenvalue weighted by atomic mass is 10.1. The molecule has 0 bridgehead atoms. The first-order valence-electron chi connectivity index (χ1n) is 8.07. The SMILES string of the molecule is O=C(N[C@H]1CN2[C@@H](C(=O)O)CC[C@H]2SCC1=O)C(S)CC1CC1. The minimum atomic E-state index is -0.853. The number of hydrogen-bond acceptors (Lipinski definition) is 6. The highest BCUT2D eigenvalue weighted by atomic mass is 32.2. The van der Waals surface area contributed by atoms with E-state index in [1.165, 1.54) is 11.8 Å². The van der Waals surface area contributed by atoms with Crippen LogP contribution >= 0.6 is 24.4 Å². The van der Waals surface area contributed by atoms with Crippen molar-refractivity contribution in [2.75, 3.05) is 12.3 Å². The molecule has 3 fully saturated rings. The second-order valence-electron chi connectivity index (χ2n) is 6.62. The van der Waals surface area contributed by atoms with Crippen LogP contribution in [0.25, 0.3) is 0 Å². The monoisotopic (exact) mass is 358 g/mol. The van der Waals surface area contributed by atoms with Crippen molar-refractivity contribution in [1.82, 2.24) is 10.2 Å². The molecule has 128 valence electrons. The quantitative estimate of drug-likeness (QED) is 0.629. The van der Waals surface area contributed by atoms with E-state index in [2.05, 4.69) is 17.9 Å². The van der Waals surface area contributed by atoms with Crippen molar-refractivity contribution in [2.45, 2.75) is 54.8 Å². The predicted octanol–water partition coefficient (Wildman–Crippen LogP) is 0.761. The van der Waals surface area contributed by atoms with Gasteiger partial charge in [-0.1, -0.05) is 12.8 Å². The Bertz CT molecular complexity index is 512. The van der Waals surface area contributed by atoms with Gasteiger partial charge in [0.25, 0.3) is 0 Å². The van der Waals surface area contributed by atoms with Crippen LogP contribution in [0.3, 0.4) is 0 Å². The van der Waals surface area contributed by atoms with E-state index < -0.39 is 23.3 Å². The zero-order valence-corrected chi connectivity index (χ0v) is 14.5. The average molecular weight is 358 g/mol. The number of carboxylic acids is 1. The number of aliphatic carboxylic acids is 1. The van der Waals surface area contributed by atoms with Crippen LogP contribution in [-0.2, 0) is 14.4 Å². The maximum absolute atomic E-state index is 12.3. The minimum absolute atomic E-state index is 0.0335. The highest BCUT2D eigenvalue weighted by Gasteiger charge is 2.43. The van der Waals surface area contributed by atoms with Crippen LogP contribution in [-0.4, -0.2) is 62.7 Å². The second-order valence-corrected chi connectivity index (χ2v) is 8.41. The summed E-state index contributed by atoms with van der Waals surface area (Å²) in [5.74, 6) is -0.198. The van der Waals surface area contributed by atoms with Crippen molar-refractivity contribution in [2.24, 2.45) is 5.92 Å². The number of nitrogens with zero attached hydrogens (tertiary/aromatic N) is 1. The van der Waals surface area contributed by atoms with Crippen molar-refractivity contribution in [3.05, 3.63) is 0 Å². The number of thioether (sulfide) groups is 1. The topological polar surface area (TPSA) is 86.7 Å². The van der Waals surface area contributed by atoms with Gasteiger partial charge in [-0.15, -0.1) is 11.8 Å². The van der Waals surface area contributed by atoms with Gasteiger partial charge in [-0.05, 0) is 25.2 Å². The van der Waals surface area contributed by atoms with Gasteiger partial charge in [-0.3, -0.25) is 19.3 Å². The Labute approximate surface area is 145 Å². The third kappa shape index (κ3) is 4.03. The molecule has 3 aliphatic rings. The number of ketones is 1. The number of fused-ring (bicyclic) bond motifs is 1. The zero-order valence-electron chi connectivity index (χ0n) is 12.8. The molecule has 0 aromatic rings. The van der Waals surface area contributed by atoms with Crippen LogP contribution in [0.15, 0.2) is 0 Å². The summed E-state index contributed by atoms with van der Waals surface area (Å²) < 4.78 is 0. The Kier molecular flexibility index (Phi) is 5.22. The Balaban J connectivity index is 1.63. The van der Waals surface area contributed by atoms with Crippen LogP contribution in [0.5, 0.6) is 0 Å². The first kappa shape index (κ1) is 17.1. The van der Waals surface area contributed by atoms with Gasteiger partial charge < -0.3 is 10.4 Å². The van der Waals surface area contributed by atoms with Gasteiger partial charge in [0.05, 0.1) is 16.4 Å². The van der Waals surface area contributed by atoms with E-state index in [1.807, 2.05) is 4.90 Å². The number of hydrogen-bond donors (Lipinski definition) is 3. The van der Waals surface area contributed by atoms with Crippen LogP contribution in [0, 0.1) is 5.92 Å². The first-order valence-corrected chi connectivity index (χ1v) is 9.63. The Hall–Kier alpha value is -0.730. The molecule has 2 heterocycles. The van der Waals surface area contributed by atoms with Gasteiger partial charge in [-0.25, -0.2) is 0 Å². The number of nitrogens with one attached hydrogen (secondary N) is 1. The Morgan fingerprint density at radius 2 is 2.09 bits per heavy atom. The molecule has 1 aliphatic carbocycles. The summed E-state index contributed by atoms with van der Waals surface area (Å²) >= 11 is 5.84. The van der Waals surface area contributed by atoms with Crippen LogP contribution < -0.4 is 5.32 Å². The molecular formula is C15H22N2O4S2. The average Bonchev–Trinajstić information content (AvgIpc) is 3.24. The van der Waals surface area contributed by atoms with E-state index in [0.717, 1.165) is 25.7 Å². The van der Waals surface area contributed by atoms with E-state index in [1.54, 1.807) is 0 Å². The highest BCUT2D eigenvalue weighted by molar-refractivity contribution is 8.00. The van der Waals surface area contributed by atoms with E-state index >= 15 is 0 Å². The molecule has 0 aromatic heterocycles. The molecule has 1 amide bonds. The maximum atomic E-state index is 12.3. The predicted molar refractivity (Wildman–Crippen MR) is 90.7 cm³/mol. The first-order chi connectivity index (χ1) is 11.0. The number of thiol groups is 1. The minimum Gasteiger partial charge on any atom is -0.480 e. The number of carbonyl (C=O) groups is 3. The summed E-state index contributed by atoms with van der Waals surface area (Å²) in [7, 11) is 0. The van der Waals surface area contributed by atoms with Gasteiger partial charge >= 0.3 is 5.97 Å². The summed E-state index contributed by atoms with van der Waals surface area (Å²) in [5, 5.41) is 11.8. The van der Waals surface area contributed by atoms with Crippen LogP contribution in [0.2, 0.25) is 0 Å². The van der Waals surface area contributed by atoms with Gasteiger partial charge in [0.1, 0.15) is 12.1 Å². The molecule has 0 radical (unpaired) electrons. The third-order valence-electron chi connectivity index (χ3n) is 4.82. The fourth-order valence-corrected chi connectivity index (χ4v) is 4.94. The molecule has 23 heavy (non-hydrogen) atoms. The molecule has 1 unspecified atom stereocenters. The number of carboxylic acid groups (broad SMARTS) is 1. The van der Waals surface area contributed by atoms with E-state index in [4.69, 9.17) is 0 Å². The largest absolute Gasteiger partial charge is 0.480 e. The number of Topliss-reactive ketones (excluding diaryl/α,β-unsaturated/α-hetero) is 1. The summed E-state index contributed by atoms with van der Waals surface area (Å²) in [6, 6.07) is -1.19. The van der Waals surface area contributed by atoms with Crippen LogP contribution in [0.1, 0.15) is 32.1 Å². The van der Waals surface area contributed by atoms with Gasteiger partial charge in [-0.2, -0.15) is 12.6 Å². The summed E-state index contributed by atoms with van der Waals surface area (Å²) in [6.07, 6.45) is 4.41. The molecule has 2 N–H and O–H groups in total. The van der Waals surface area contributed by atoms with Gasteiger partial charge in [0.2, 0.25) is 5.91 Å². The van der Waals surface area contributed by atoms with E-state index in [0.29, 0.717) is 18.1 Å². The molecule has 2 aliphatic heterocycles. The lowest BCUT2D eigenvalue weighted by Crippen LogP contribution is -2.52. The summed E-state index contributed by atoms with van der Waals surface area (Å²) in [6.45, 7) is 0.281. The smallest absolute Gasteiger partial charge is 0.320 e.